The molecule has 332 valence electrons. The van der Waals surface area contributed by atoms with Crippen molar-refractivity contribution in [2.75, 3.05) is 28.4 Å². The molecule has 1 aromatic carbocycles. The van der Waals surface area contributed by atoms with Crippen molar-refractivity contribution in [2.24, 2.45) is 51.8 Å². The maximum atomic E-state index is 6.22. The Kier molecular flexibility index (Phi) is 22.8. The molecule has 0 aromatic heterocycles. The summed E-state index contributed by atoms with van der Waals surface area (Å²) >= 11 is 0. The predicted molar refractivity (Wildman–Crippen MR) is 222 cm³/mol. The minimum absolute atomic E-state index is 0.00246. The monoisotopic (exact) mass is 813 g/mol. The lowest BCUT2D eigenvalue weighted by atomic mass is 9.95. The van der Waals surface area contributed by atoms with Crippen LogP contribution >= 0.6 is 0 Å². The summed E-state index contributed by atoms with van der Waals surface area (Å²) in [5, 5.41) is 0. The first-order valence-corrected chi connectivity index (χ1v) is 21.1. The van der Waals surface area contributed by atoms with Gasteiger partial charge in [0.15, 0.2) is 25.2 Å². The van der Waals surface area contributed by atoms with E-state index in [2.05, 4.69) is 19.1 Å². The second-order valence-electron chi connectivity index (χ2n) is 16.3. The molecule has 16 N–H and O–H groups in total. The van der Waals surface area contributed by atoms with Crippen LogP contribution < -0.4 is 45.9 Å². The molecular weight excluding hydrogens is 732 g/mol. The number of hydrogen-bond acceptors (Lipinski definition) is 16. The van der Waals surface area contributed by atoms with Gasteiger partial charge in [0.05, 0.1) is 48.6 Å². The summed E-state index contributed by atoms with van der Waals surface area (Å²) in [4.78, 5) is 0. The molecule has 4 aliphatic heterocycles. The topological polar surface area (TPSA) is 282 Å². The van der Waals surface area contributed by atoms with Crippen molar-refractivity contribution in [3.63, 3.8) is 0 Å². The van der Waals surface area contributed by atoms with Gasteiger partial charge in [0.1, 0.15) is 0 Å². The first-order valence-electron chi connectivity index (χ1n) is 21.1. The Hall–Kier alpha value is -1.42. The minimum Gasteiger partial charge on any atom is -0.354 e. The van der Waals surface area contributed by atoms with E-state index < -0.39 is 0 Å². The molecule has 4 heterocycles. The van der Waals surface area contributed by atoms with Crippen molar-refractivity contribution in [1.82, 2.24) is 0 Å². The number of methoxy groups -OCH3 is 4. The van der Waals surface area contributed by atoms with E-state index in [4.69, 9.17) is 83.8 Å². The lowest BCUT2D eigenvalue weighted by molar-refractivity contribution is -0.194. The van der Waals surface area contributed by atoms with Crippen LogP contribution in [-0.2, 0) is 44.3 Å². The Labute approximate surface area is 342 Å². The Morgan fingerprint density at radius 3 is 1.28 bits per heavy atom. The highest BCUT2D eigenvalue weighted by Gasteiger charge is 2.39. The van der Waals surface area contributed by atoms with Gasteiger partial charge in [-0.05, 0) is 95.5 Å². The third-order valence-electron chi connectivity index (χ3n) is 11.6. The third-order valence-corrected chi connectivity index (χ3v) is 11.6. The molecule has 0 bridgehead atoms. The van der Waals surface area contributed by atoms with Gasteiger partial charge < -0.3 is 83.8 Å². The molecule has 16 atom stereocenters. The molecule has 1 saturated carbocycles. The number of hydrogen-bond donors (Lipinski definition) is 8. The molecule has 16 nitrogen and oxygen atoms in total. The standard InChI is InChI=1S/C14H22N2O2.C10H20N2O2.C9H20N2O2.C8H18N2O2/c1-17-14-11(15)7-8-13(18-14)12(16)9-10-5-3-2-4-6-10;1-13-10-7(11)4-5-8(14-10)9(12)6-2-3-6;1-3-6(10)8-5-4-7(11)9(12-2)13-8;1-5(9)7-4-3-6(10)8(11-2)12-7/h2-6,11-14H,7-9,15-16H2,1H3;6-10H,2-5,11-12H2,1H3;6-9H,3-5,10-11H2,1-2H3;5-8H,3-4,9-10H2,1-2H3/t11-,12?,13?,14+;7-,8?,9?,10+;6?,7-,8?,9+;5?,6-,7?,8+/m1111/s1. The summed E-state index contributed by atoms with van der Waals surface area (Å²) in [6.07, 6.45) is 10.9. The SMILES string of the molecule is CCC(N)C1CC[C@@H](N)[C@@H](OC)O1.CO[C@H]1OC(C(C)N)CC[C@H]1N.CO[C@H]1OC(C(N)C2CC2)CC[C@H]1N.CO[C@H]1OC(C(N)Cc2ccccc2)CC[C@H]1N. The highest BCUT2D eigenvalue weighted by atomic mass is 16.7. The fourth-order valence-electron chi connectivity index (χ4n) is 7.62. The molecule has 1 aliphatic carbocycles. The first kappa shape index (κ1) is 49.9. The van der Waals surface area contributed by atoms with Crippen LogP contribution in [0.5, 0.6) is 0 Å². The van der Waals surface area contributed by atoms with Gasteiger partial charge in [0, 0.05) is 52.6 Å². The molecule has 5 aliphatic rings. The van der Waals surface area contributed by atoms with E-state index in [9.17, 15) is 0 Å². The molecule has 4 saturated heterocycles. The van der Waals surface area contributed by atoms with Gasteiger partial charge in [-0.3, -0.25) is 0 Å². The van der Waals surface area contributed by atoms with Crippen LogP contribution in [0.3, 0.4) is 0 Å². The number of ether oxygens (including phenoxy) is 8. The summed E-state index contributed by atoms with van der Waals surface area (Å²) < 4.78 is 43.3. The van der Waals surface area contributed by atoms with Crippen LogP contribution in [0.1, 0.15) is 90.0 Å². The molecule has 1 aromatic rings. The van der Waals surface area contributed by atoms with E-state index in [-0.39, 0.29) is 97.9 Å². The van der Waals surface area contributed by atoms with Crippen molar-refractivity contribution in [3.05, 3.63) is 35.9 Å². The van der Waals surface area contributed by atoms with Crippen molar-refractivity contribution in [1.29, 1.82) is 0 Å². The van der Waals surface area contributed by atoms with Gasteiger partial charge >= 0.3 is 0 Å². The van der Waals surface area contributed by atoms with Gasteiger partial charge in [0.2, 0.25) is 0 Å². The zero-order valence-corrected chi connectivity index (χ0v) is 35.6. The van der Waals surface area contributed by atoms with Crippen molar-refractivity contribution < 1.29 is 37.9 Å². The second-order valence-corrected chi connectivity index (χ2v) is 16.3. The number of rotatable bonds is 12. The van der Waals surface area contributed by atoms with Gasteiger partial charge in [-0.15, -0.1) is 0 Å². The van der Waals surface area contributed by atoms with Gasteiger partial charge in [0.25, 0.3) is 0 Å². The molecule has 5 fully saturated rings. The largest absolute Gasteiger partial charge is 0.354 e. The highest BCUT2D eigenvalue weighted by Crippen LogP contribution is 2.36. The van der Waals surface area contributed by atoms with Crippen LogP contribution in [0.2, 0.25) is 0 Å². The summed E-state index contributed by atoms with van der Waals surface area (Å²) in [7, 11) is 6.48. The lowest BCUT2D eigenvalue weighted by Gasteiger charge is -2.36. The zero-order valence-electron chi connectivity index (χ0n) is 35.6. The lowest BCUT2D eigenvalue weighted by Crippen LogP contribution is -2.51. The maximum absolute atomic E-state index is 6.22. The molecule has 57 heavy (non-hydrogen) atoms. The molecule has 0 spiro atoms. The maximum Gasteiger partial charge on any atom is 0.172 e. The molecular formula is C41H80N8O8. The van der Waals surface area contributed by atoms with Crippen LogP contribution in [0.15, 0.2) is 30.3 Å². The molecule has 0 radical (unpaired) electrons. The van der Waals surface area contributed by atoms with Crippen molar-refractivity contribution in [2.45, 2.75) is 189 Å². The Morgan fingerprint density at radius 2 is 0.895 bits per heavy atom. The van der Waals surface area contributed by atoms with Gasteiger partial charge in [-0.2, -0.15) is 0 Å². The smallest absolute Gasteiger partial charge is 0.172 e. The average molecular weight is 813 g/mol. The number of benzene rings is 1. The van der Waals surface area contributed by atoms with Crippen LogP contribution in [0.25, 0.3) is 0 Å². The fourth-order valence-corrected chi connectivity index (χ4v) is 7.62. The van der Waals surface area contributed by atoms with Crippen molar-refractivity contribution >= 4 is 0 Å². The van der Waals surface area contributed by atoms with Crippen LogP contribution in [0, 0.1) is 5.92 Å². The quantitative estimate of drug-likeness (QED) is 0.147. The molecule has 16 heteroatoms. The second kappa shape index (κ2) is 26.0. The predicted octanol–water partition coefficient (Wildman–Crippen LogP) is 1.25. The van der Waals surface area contributed by atoms with E-state index in [0.717, 1.165) is 64.2 Å². The van der Waals surface area contributed by atoms with Gasteiger partial charge in [-0.25, -0.2) is 0 Å². The molecule has 8 unspecified atom stereocenters. The van der Waals surface area contributed by atoms with Crippen LogP contribution in [0.4, 0.5) is 0 Å². The summed E-state index contributed by atoms with van der Waals surface area (Å²) in [5.41, 5.74) is 48.5. The van der Waals surface area contributed by atoms with Gasteiger partial charge in [-0.1, -0.05) is 37.3 Å². The minimum atomic E-state index is -0.328. The summed E-state index contributed by atoms with van der Waals surface area (Å²) in [6.45, 7) is 4.00. The summed E-state index contributed by atoms with van der Waals surface area (Å²) in [6, 6.07) is 10.5. The van der Waals surface area contributed by atoms with E-state index >= 15 is 0 Å². The van der Waals surface area contributed by atoms with E-state index in [0.29, 0.717) is 5.92 Å². The average Bonchev–Trinajstić information content (AvgIpc) is 4.08. The summed E-state index contributed by atoms with van der Waals surface area (Å²) in [5.74, 6) is 0.673. The Balaban J connectivity index is 0.000000206. The van der Waals surface area contributed by atoms with Crippen molar-refractivity contribution in [3.8, 4) is 0 Å². The molecule has 6 rings (SSSR count). The van der Waals surface area contributed by atoms with E-state index in [1.807, 2.05) is 25.1 Å². The number of nitrogens with two attached hydrogens (primary N) is 8. The molecule has 0 amide bonds. The van der Waals surface area contributed by atoms with E-state index in [1.165, 1.54) is 18.4 Å². The Bertz CT molecular complexity index is 1190. The third kappa shape index (κ3) is 16.5. The van der Waals surface area contributed by atoms with E-state index in [1.54, 1.807) is 28.4 Å². The fraction of sp³-hybridized carbons (Fsp3) is 0.854. The normalized spacial score (nSPS) is 36.4. The first-order chi connectivity index (χ1) is 27.3. The highest BCUT2D eigenvalue weighted by molar-refractivity contribution is 5.16. The van der Waals surface area contributed by atoms with Crippen LogP contribution in [-0.4, -0.2) is 126 Å². The Morgan fingerprint density at radius 1 is 0.526 bits per heavy atom. The zero-order chi connectivity index (χ0) is 42.1.